The lowest BCUT2D eigenvalue weighted by Gasteiger charge is -2.55. The molecule has 1 aliphatic rings. The van der Waals surface area contributed by atoms with Crippen molar-refractivity contribution in [3.05, 3.63) is 0 Å². The van der Waals surface area contributed by atoms with Crippen molar-refractivity contribution in [3.8, 4) is 0 Å². The maximum Gasteiger partial charge on any atom is 0.242 e. The van der Waals surface area contributed by atoms with Gasteiger partial charge in [-0.2, -0.15) is 0 Å². The van der Waals surface area contributed by atoms with E-state index in [1.807, 2.05) is 18.7 Å². The third kappa shape index (κ3) is 4.17. The monoisotopic (exact) mass is 299 g/mol. The summed E-state index contributed by atoms with van der Waals surface area (Å²) < 4.78 is 5.72. The summed E-state index contributed by atoms with van der Waals surface area (Å²) in [6.07, 6.45) is 1.94. The first-order valence-corrected chi connectivity index (χ1v) is 7.76. The van der Waals surface area contributed by atoms with Crippen LogP contribution in [-0.4, -0.2) is 55.1 Å². The van der Waals surface area contributed by atoms with Gasteiger partial charge in [0.1, 0.15) is 0 Å². The molecular weight excluding hydrogens is 270 g/mol. The number of carbonyl (C=O) groups excluding carboxylic acids is 2. The van der Waals surface area contributed by atoms with Crippen molar-refractivity contribution in [2.45, 2.75) is 52.7 Å². The van der Waals surface area contributed by atoms with Crippen LogP contribution in [0.1, 0.15) is 40.5 Å². The van der Waals surface area contributed by atoms with E-state index < -0.39 is 0 Å². The molecule has 0 saturated heterocycles. The average molecular weight is 299 g/mol. The number of hydrogen-bond acceptors (Lipinski definition) is 4. The third-order valence-electron chi connectivity index (χ3n) is 4.28. The Balaban J connectivity index is 2.65. The summed E-state index contributed by atoms with van der Waals surface area (Å²) in [5.41, 5.74) is 5.17. The summed E-state index contributed by atoms with van der Waals surface area (Å²) >= 11 is 0. The summed E-state index contributed by atoms with van der Waals surface area (Å²) in [6, 6.07) is 0.163. The van der Waals surface area contributed by atoms with Crippen LogP contribution in [-0.2, 0) is 14.3 Å². The van der Waals surface area contributed by atoms with Gasteiger partial charge in [-0.15, -0.1) is 0 Å². The molecule has 2 atom stereocenters. The lowest BCUT2D eigenvalue weighted by Crippen LogP contribution is -2.64. The quantitative estimate of drug-likeness (QED) is 0.683. The smallest absolute Gasteiger partial charge is 0.242 e. The zero-order chi connectivity index (χ0) is 16.0. The largest absolute Gasteiger partial charge is 0.378 e. The molecule has 0 aliphatic heterocycles. The molecule has 0 aromatic carbocycles. The van der Waals surface area contributed by atoms with Crippen LogP contribution in [0.15, 0.2) is 0 Å². The second-order valence-corrected chi connectivity index (χ2v) is 6.08. The molecule has 0 aromatic heterocycles. The minimum absolute atomic E-state index is 0.0158. The standard InChI is InChI=1S/C15H29N3O3/c1-5-7-18(14(20)10-17-13(19)9-16)11-8-12(21-6-2)15(11,3)4/h11-12H,5-10,16H2,1-4H3,(H,17,19). The maximum atomic E-state index is 12.4. The molecule has 21 heavy (non-hydrogen) atoms. The fraction of sp³-hybridized carbons (Fsp3) is 0.867. The van der Waals surface area contributed by atoms with Crippen LogP contribution in [0.3, 0.4) is 0 Å². The average Bonchev–Trinajstić information content (AvgIpc) is 2.46. The van der Waals surface area contributed by atoms with E-state index in [9.17, 15) is 9.59 Å². The second kappa shape index (κ2) is 7.75. The van der Waals surface area contributed by atoms with E-state index in [1.54, 1.807) is 0 Å². The Morgan fingerprint density at radius 1 is 1.38 bits per heavy atom. The number of carbonyl (C=O) groups is 2. The predicted molar refractivity (Wildman–Crippen MR) is 81.7 cm³/mol. The fourth-order valence-electron chi connectivity index (χ4n) is 2.92. The number of amides is 2. The fourth-order valence-corrected chi connectivity index (χ4v) is 2.92. The maximum absolute atomic E-state index is 12.4. The highest BCUT2D eigenvalue weighted by Crippen LogP contribution is 2.45. The molecule has 0 bridgehead atoms. The van der Waals surface area contributed by atoms with Crippen molar-refractivity contribution >= 4 is 11.8 Å². The number of ether oxygens (including phenoxy) is 1. The van der Waals surface area contributed by atoms with Crippen molar-refractivity contribution in [1.82, 2.24) is 10.2 Å². The first-order chi connectivity index (χ1) is 9.88. The minimum atomic E-state index is -0.306. The van der Waals surface area contributed by atoms with Crippen molar-refractivity contribution in [2.75, 3.05) is 26.2 Å². The minimum Gasteiger partial charge on any atom is -0.378 e. The van der Waals surface area contributed by atoms with Gasteiger partial charge in [-0.1, -0.05) is 20.8 Å². The van der Waals surface area contributed by atoms with Crippen LogP contribution in [0, 0.1) is 5.41 Å². The summed E-state index contributed by atoms with van der Waals surface area (Å²) in [4.78, 5) is 25.4. The molecule has 0 spiro atoms. The van der Waals surface area contributed by atoms with Crippen molar-refractivity contribution in [2.24, 2.45) is 11.1 Å². The van der Waals surface area contributed by atoms with Crippen LogP contribution >= 0.6 is 0 Å². The number of rotatable bonds is 8. The van der Waals surface area contributed by atoms with Crippen molar-refractivity contribution in [3.63, 3.8) is 0 Å². The van der Waals surface area contributed by atoms with Gasteiger partial charge in [0.2, 0.25) is 11.8 Å². The van der Waals surface area contributed by atoms with E-state index in [0.29, 0.717) is 13.2 Å². The van der Waals surface area contributed by atoms with E-state index in [4.69, 9.17) is 10.5 Å². The molecule has 6 heteroatoms. The molecule has 2 unspecified atom stereocenters. The first-order valence-electron chi connectivity index (χ1n) is 7.76. The molecule has 3 N–H and O–H groups in total. The van der Waals surface area contributed by atoms with Gasteiger partial charge in [0.05, 0.1) is 19.2 Å². The molecule has 2 amide bonds. The van der Waals surface area contributed by atoms with Gasteiger partial charge in [0.25, 0.3) is 0 Å². The SMILES string of the molecule is CCCN(C(=O)CNC(=O)CN)C1CC(OCC)C1(C)C. The lowest BCUT2D eigenvalue weighted by molar-refractivity contribution is -0.166. The van der Waals surface area contributed by atoms with E-state index >= 15 is 0 Å². The second-order valence-electron chi connectivity index (χ2n) is 6.08. The number of nitrogens with zero attached hydrogens (tertiary/aromatic N) is 1. The van der Waals surface area contributed by atoms with E-state index in [1.165, 1.54) is 0 Å². The van der Waals surface area contributed by atoms with Crippen LogP contribution in [0.25, 0.3) is 0 Å². The molecule has 1 saturated carbocycles. The van der Waals surface area contributed by atoms with Gasteiger partial charge < -0.3 is 20.7 Å². The van der Waals surface area contributed by atoms with Crippen LogP contribution < -0.4 is 11.1 Å². The van der Waals surface area contributed by atoms with Gasteiger partial charge in [-0.25, -0.2) is 0 Å². The van der Waals surface area contributed by atoms with Crippen molar-refractivity contribution in [1.29, 1.82) is 0 Å². The summed E-state index contributed by atoms with van der Waals surface area (Å²) in [6.45, 7) is 9.61. The van der Waals surface area contributed by atoms with Crippen LogP contribution in [0.5, 0.6) is 0 Å². The molecule has 0 heterocycles. The normalized spacial score (nSPS) is 23.3. The van der Waals surface area contributed by atoms with Crippen LogP contribution in [0.4, 0.5) is 0 Å². The Kier molecular flexibility index (Phi) is 6.61. The summed E-state index contributed by atoms with van der Waals surface area (Å²) in [5.74, 6) is -0.355. The zero-order valence-corrected chi connectivity index (χ0v) is 13.6. The molecule has 0 aromatic rings. The molecule has 1 aliphatic carbocycles. The highest BCUT2D eigenvalue weighted by molar-refractivity contribution is 5.85. The Bertz CT molecular complexity index is 371. The molecule has 122 valence electrons. The molecular formula is C15H29N3O3. The Labute approximate surface area is 127 Å². The van der Waals surface area contributed by atoms with E-state index in [2.05, 4.69) is 19.2 Å². The van der Waals surface area contributed by atoms with Crippen molar-refractivity contribution < 1.29 is 14.3 Å². The number of nitrogens with one attached hydrogen (secondary N) is 1. The predicted octanol–water partition coefficient (Wildman–Crippen LogP) is 0.504. The topological polar surface area (TPSA) is 84.7 Å². The Morgan fingerprint density at radius 2 is 2.05 bits per heavy atom. The number of nitrogens with two attached hydrogens (primary N) is 1. The Morgan fingerprint density at radius 3 is 2.52 bits per heavy atom. The molecule has 1 fully saturated rings. The van der Waals surface area contributed by atoms with Gasteiger partial charge >= 0.3 is 0 Å². The van der Waals surface area contributed by atoms with E-state index in [0.717, 1.165) is 12.8 Å². The van der Waals surface area contributed by atoms with Gasteiger partial charge in [-0.3, -0.25) is 9.59 Å². The highest BCUT2D eigenvalue weighted by atomic mass is 16.5. The highest BCUT2D eigenvalue weighted by Gasteiger charge is 2.52. The summed E-state index contributed by atoms with van der Waals surface area (Å²) in [7, 11) is 0. The molecule has 0 radical (unpaired) electrons. The third-order valence-corrected chi connectivity index (χ3v) is 4.28. The van der Waals surface area contributed by atoms with Crippen LogP contribution in [0.2, 0.25) is 0 Å². The molecule has 1 rings (SSSR count). The van der Waals surface area contributed by atoms with Gasteiger partial charge in [0.15, 0.2) is 0 Å². The van der Waals surface area contributed by atoms with Gasteiger partial charge in [-0.05, 0) is 19.8 Å². The number of hydrogen-bond donors (Lipinski definition) is 2. The summed E-state index contributed by atoms with van der Waals surface area (Å²) in [5, 5.41) is 2.55. The Hall–Kier alpha value is -1.14. The first kappa shape index (κ1) is 17.9. The molecule has 6 nitrogen and oxygen atoms in total. The zero-order valence-electron chi connectivity index (χ0n) is 13.6. The lowest BCUT2D eigenvalue weighted by atomic mass is 9.63. The van der Waals surface area contributed by atoms with Gasteiger partial charge in [0, 0.05) is 24.6 Å². The van der Waals surface area contributed by atoms with E-state index in [-0.39, 0.29) is 42.5 Å².